The van der Waals surface area contributed by atoms with Crippen molar-refractivity contribution in [2.75, 3.05) is 0 Å². The van der Waals surface area contributed by atoms with Crippen LogP contribution in [-0.4, -0.2) is 5.54 Å². The summed E-state index contributed by atoms with van der Waals surface area (Å²) in [5.74, 6) is 0. The van der Waals surface area contributed by atoms with Crippen LogP contribution in [-0.2, 0) is 0 Å². The Morgan fingerprint density at radius 3 is 1.46 bits per heavy atom. The van der Waals surface area contributed by atoms with E-state index in [4.69, 9.17) is 5.73 Å². The number of hydrogen-bond donors (Lipinski definition) is 1. The highest BCUT2D eigenvalue weighted by atomic mass is 14.7. The highest BCUT2D eigenvalue weighted by Crippen LogP contribution is 2.23. The molecule has 1 nitrogen and oxygen atoms in total. The highest BCUT2D eigenvalue weighted by molar-refractivity contribution is 4.73. The predicted octanol–water partition coefficient (Wildman–Crippen LogP) is 3.97. The van der Waals surface area contributed by atoms with Gasteiger partial charge in [0, 0.05) is 5.54 Å². The molecule has 0 amide bonds. The van der Waals surface area contributed by atoms with Crippen LogP contribution in [0.3, 0.4) is 0 Å². The summed E-state index contributed by atoms with van der Waals surface area (Å²) in [4.78, 5) is 0. The van der Waals surface area contributed by atoms with Crippen molar-refractivity contribution in [3.05, 3.63) is 0 Å². The molecule has 0 radical (unpaired) electrons. The molecule has 0 rings (SSSR count). The first-order valence-electron chi connectivity index (χ1n) is 5.50. The van der Waals surface area contributed by atoms with Gasteiger partial charge in [0.05, 0.1) is 0 Å². The van der Waals surface area contributed by atoms with Gasteiger partial charge in [-0.25, -0.2) is 0 Å². The Hall–Kier alpha value is -0.0400. The van der Waals surface area contributed by atoms with Crippen LogP contribution in [0.2, 0.25) is 0 Å². The van der Waals surface area contributed by atoms with Gasteiger partial charge in [-0.1, -0.05) is 41.0 Å². The Morgan fingerprint density at radius 2 is 1.23 bits per heavy atom. The van der Waals surface area contributed by atoms with E-state index >= 15 is 0 Å². The lowest BCUT2D eigenvalue weighted by Gasteiger charge is -2.22. The molecular weight excluding hydrogens is 158 g/mol. The minimum Gasteiger partial charge on any atom is -0.326 e. The summed E-state index contributed by atoms with van der Waals surface area (Å²) in [5.41, 5.74) is 6.35. The first kappa shape index (κ1) is 15.4. The van der Waals surface area contributed by atoms with Gasteiger partial charge in [-0.05, 0) is 32.1 Å². The Labute approximate surface area is 85.1 Å². The van der Waals surface area contributed by atoms with Crippen molar-refractivity contribution in [1.82, 2.24) is 0 Å². The lowest BCUT2D eigenvalue weighted by Crippen LogP contribution is -2.31. The third kappa shape index (κ3) is 18.7. The topological polar surface area (TPSA) is 26.0 Å². The number of nitrogens with two attached hydrogens (primary N) is 1. The van der Waals surface area contributed by atoms with Gasteiger partial charge in [-0.3, -0.25) is 0 Å². The van der Waals surface area contributed by atoms with Crippen LogP contribution in [0.1, 0.15) is 67.7 Å². The smallest absolute Gasteiger partial charge is 0.00970 e. The molecule has 0 saturated carbocycles. The molecule has 0 atom stereocenters. The molecule has 1 heteroatoms. The van der Waals surface area contributed by atoms with E-state index in [1.54, 1.807) is 0 Å². The summed E-state index contributed by atoms with van der Waals surface area (Å²) < 4.78 is 0. The van der Waals surface area contributed by atoms with Crippen LogP contribution in [0.15, 0.2) is 0 Å². The van der Waals surface area contributed by atoms with Crippen LogP contribution in [0.4, 0.5) is 0 Å². The fraction of sp³-hybridized carbons (Fsp3) is 1.00. The second kappa shape index (κ2) is 6.42. The molecule has 0 aliphatic carbocycles. The van der Waals surface area contributed by atoms with Crippen molar-refractivity contribution in [2.24, 2.45) is 11.1 Å². The summed E-state index contributed by atoms with van der Waals surface area (Å²) >= 11 is 0. The first-order valence-corrected chi connectivity index (χ1v) is 5.50. The van der Waals surface area contributed by atoms with Crippen LogP contribution in [0.25, 0.3) is 0 Å². The summed E-state index contributed by atoms with van der Waals surface area (Å²) in [6, 6.07) is 0. The maximum Gasteiger partial charge on any atom is 0.00970 e. The van der Waals surface area contributed by atoms with E-state index in [0.29, 0.717) is 5.41 Å². The monoisotopic (exact) mass is 187 g/mol. The van der Waals surface area contributed by atoms with Crippen molar-refractivity contribution in [2.45, 2.75) is 73.3 Å². The van der Waals surface area contributed by atoms with E-state index in [9.17, 15) is 0 Å². The average Bonchev–Trinajstić information content (AvgIpc) is 1.86. The Morgan fingerprint density at radius 1 is 0.846 bits per heavy atom. The molecule has 0 bridgehead atoms. The molecule has 2 N–H and O–H groups in total. The minimum absolute atomic E-state index is 0.0191. The maximum absolute atomic E-state index is 5.86. The number of rotatable bonds is 3. The van der Waals surface area contributed by atoms with Gasteiger partial charge >= 0.3 is 0 Å². The second-order valence-corrected chi connectivity index (χ2v) is 5.40. The van der Waals surface area contributed by atoms with Crippen molar-refractivity contribution < 1.29 is 0 Å². The summed E-state index contributed by atoms with van der Waals surface area (Å²) in [6.07, 6.45) is 3.64. The van der Waals surface area contributed by atoms with Crippen LogP contribution in [0.5, 0.6) is 0 Å². The molecule has 0 aromatic carbocycles. The molecule has 0 unspecified atom stereocenters. The van der Waals surface area contributed by atoms with E-state index < -0.39 is 0 Å². The van der Waals surface area contributed by atoms with E-state index in [0.717, 1.165) is 6.42 Å². The minimum atomic E-state index is 0.0191. The highest BCUT2D eigenvalue weighted by Gasteiger charge is 2.14. The van der Waals surface area contributed by atoms with Gasteiger partial charge in [0.15, 0.2) is 0 Å². The zero-order chi connectivity index (χ0) is 11.1. The predicted molar refractivity (Wildman–Crippen MR) is 62.9 cm³/mol. The largest absolute Gasteiger partial charge is 0.326 e. The normalized spacial score (nSPS) is 12.0. The van der Waals surface area contributed by atoms with Crippen molar-refractivity contribution in [1.29, 1.82) is 0 Å². The van der Waals surface area contributed by atoms with Gasteiger partial charge in [-0.2, -0.15) is 0 Å². The van der Waals surface area contributed by atoms with E-state index in [1.165, 1.54) is 12.8 Å². The third-order valence-electron chi connectivity index (χ3n) is 1.75. The fourth-order valence-electron chi connectivity index (χ4n) is 1.07. The van der Waals surface area contributed by atoms with E-state index in [2.05, 4.69) is 34.6 Å². The molecular formula is C12H29N. The molecule has 0 saturated heterocycles. The number of hydrogen-bond acceptors (Lipinski definition) is 1. The summed E-state index contributed by atoms with van der Waals surface area (Å²) in [7, 11) is 0. The second-order valence-electron chi connectivity index (χ2n) is 5.40. The quantitative estimate of drug-likeness (QED) is 0.711. The average molecular weight is 187 g/mol. The third-order valence-corrected chi connectivity index (χ3v) is 1.75. The van der Waals surface area contributed by atoms with Crippen molar-refractivity contribution in [3.63, 3.8) is 0 Å². The molecule has 0 aromatic rings. The Kier molecular flexibility index (Phi) is 7.62. The standard InChI is InChI=1S/C10H23N.C2H6/c1-9(2,3)7-6-8-10(4,5)11;1-2/h6-8,11H2,1-5H3;1-2H3. The first-order chi connectivity index (χ1) is 5.71. The van der Waals surface area contributed by atoms with Gasteiger partial charge in [0.1, 0.15) is 0 Å². The van der Waals surface area contributed by atoms with Crippen molar-refractivity contribution in [3.8, 4) is 0 Å². The molecule has 0 spiro atoms. The van der Waals surface area contributed by atoms with Gasteiger partial charge in [0.2, 0.25) is 0 Å². The van der Waals surface area contributed by atoms with Gasteiger partial charge < -0.3 is 5.73 Å². The SMILES string of the molecule is CC.CC(C)(C)CCCC(C)(C)N. The summed E-state index contributed by atoms with van der Waals surface area (Å²) in [5, 5.41) is 0. The molecule has 0 aliphatic rings. The van der Waals surface area contributed by atoms with Gasteiger partial charge in [0.25, 0.3) is 0 Å². The van der Waals surface area contributed by atoms with Crippen LogP contribution < -0.4 is 5.73 Å². The molecule has 13 heavy (non-hydrogen) atoms. The lowest BCUT2D eigenvalue weighted by atomic mass is 9.87. The van der Waals surface area contributed by atoms with E-state index in [1.807, 2.05) is 13.8 Å². The molecule has 82 valence electrons. The van der Waals surface area contributed by atoms with Crippen molar-refractivity contribution >= 4 is 0 Å². The zero-order valence-corrected chi connectivity index (χ0v) is 10.7. The molecule has 0 aliphatic heterocycles. The molecule has 0 fully saturated rings. The zero-order valence-electron chi connectivity index (χ0n) is 10.7. The maximum atomic E-state index is 5.86. The summed E-state index contributed by atoms with van der Waals surface area (Å²) in [6.45, 7) is 15.0. The van der Waals surface area contributed by atoms with Crippen LogP contribution in [0, 0.1) is 5.41 Å². The van der Waals surface area contributed by atoms with Gasteiger partial charge in [-0.15, -0.1) is 0 Å². The Bertz CT molecular complexity index is 89.3. The van der Waals surface area contributed by atoms with E-state index in [-0.39, 0.29) is 5.54 Å². The fourth-order valence-corrected chi connectivity index (χ4v) is 1.07. The van der Waals surface area contributed by atoms with Crippen LogP contribution >= 0.6 is 0 Å². The lowest BCUT2D eigenvalue weighted by molar-refractivity contribution is 0.334. The molecule has 0 heterocycles. The molecule has 0 aromatic heterocycles. The Balaban J connectivity index is 0.